The number of nitrogens with zero attached hydrogens (tertiary/aromatic N) is 2. The second-order valence-corrected chi connectivity index (χ2v) is 6.96. The van der Waals surface area contributed by atoms with Gasteiger partial charge in [0.1, 0.15) is 11.6 Å². The van der Waals surface area contributed by atoms with Gasteiger partial charge in [-0.3, -0.25) is 0 Å². The van der Waals surface area contributed by atoms with Gasteiger partial charge in [-0.25, -0.2) is 9.97 Å². The Morgan fingerprint density at radius 2 is 1.76 bits per heavy atom. The van der Waals surface area contributed by atoms with Crippen molar-refractivity contribution in [2.45, 2.75) is 33.1 Å². The van der Waals surface area contributed by atoms with Crippen LogP contribution in [0.25, 0.3) is 11.4 Å². The number of hydrogen-bond donors (Lipinski definition) is 2. The number of rotatable bonds is 3. The molecule has 1 heterocycles. The molecule has 0 amide bonds. The summed E-state index contributed by atoms with van der Waals surface area (Å²) in [6.45, 7) is 9.30. The number of phenols is 1. The normalized spacial score (nSPS) is 11.5. The van der Waals surface area contributed by atoms with Crippen LogP contribution in [0, 0.1) is 3.57 Å². The fourth-order valence-corrected chi connectivity index (χ4v) is 3.21. The molecule has 1 aromatic heterocycles. The van der Waals surface area contributed by atoms with Gasteiger partial charge in [0.2, 0.25) is 0 Å². The van der Waals surface area contributed by atoms with Gasteiger partial charge in [-0.15, -0.1) is 0 Å². The van der Waals surface area contributed by atoms with E-state index in [1.165, 1.54) is 0 Å². The van der Waals surface area contributed by atoms with Crippen molar-refractivity contribution in [3.05, 3.63) is 33.5 Å². The van der Waals surface area contributed by atoms with E-state index in [0.717, 1.165) is 27.2 Å². The van der Waals surface area contributed by atoms with Crippen LogP contribution < -0.4 is 5.32 Å². The number of anilines is 1. The number of aromatic hydroxyl groups is 1. The van der Waals surface area contributed by atoms with Crippen LogP contribution in [0.15, 0.2) is 24.3 Å². The summed E-state index contributed by atoms with van der Waals surface area (Å²) in [6.07, 6.45) is 0. The third-order valence-electron chi connectivity index (χ3n) is 3.03. The van der Waals surface area contributed by atoms with Gasteiger partial charge >= 0.3 is 0 Å². The molecule has 0 aliphatic heterocycles. The van der Waals surface area contributed by atoms with Crippen LogP contribution in [-0.4, -0.2) is 21.6 Å². The monoisotopic (exact) mass is 397 g/mol. The minimum atomic E-state index is -0.0602. The Morgan fingerprint density at radius 3 is 2.29 bits per heavy atom. The van der Waals surface area contributed by atoms with Gasteiger partial charge in [0.15, 0.2) is 5.82 Å². The van der Waals surface area contributed by atoms with E-state index in [4.69, 9.17) is 4.98 Å². The highest BCUT2D eigenvalue weighted by molar-refractivity contribution is 14.1. The average Bonchev–Trinajstić information content (AvgIpc) is 2.41. The van der Waals surface area contributed by atoms with Crippen molar-refractivity contribution < 1.29 is 5.11 Å². The van der Waals surface area contributed by atoms with Crippen LogP contribution in [0.3, 0.4) is 0 Å². The number of hydrogen-bond acceptors (Lipinski definition) is 4. The van der Waals surface area contributed by atoms with E-state index < -0.39 is 0 Å². The van der Waals surface area contributed by atoms with E-state index in [0.29, 0.717) is 5.82 Å². The van der Waals surface area contributed by atoms with Crippen molar-refractivity contribution in [3.8, 4) is 17.1 Å². The third kappa shape index (κ3) is 3.64. The summed E-state index contributed by atoms with van der Waals surface area (Å²) in [5.41, 5.74) is 1.86. The molecule has 0 aliphatic carbocycles. The van der Waals surface area contributed by atoms with Gasteiger partial charge in [-0.1, -0.05) is 20.8 Å². The first-order valence-electron chi connectivity index (χ1n) is 6.94. The average molecular weight is 397 g/mol. The molecule has 0 fully saturated rings. The van der Waals surface area contributed by atoms with Gasteiger partial charge in [0.25, 0.3) is 0 Å². The highest BCUT2D eigenvalue weighted by atomic mass is 127. The molecular weight excluding hydrogens is 377 g/mol. The van der Waals surface area contributed by atoms with Gasteiger partial charge in [-0.05, 0) is 53.8 Å². The molecule has 0 bridgehead atoms. The van der Waals surface area contributed by atoms with Crippen molar-refractivity contribution in [1.29, 1.82) is 0 Å². The molecule has 2 rings (SSSR count). The Morgan fingerprint density at radius 1 is 1.14 bits per heavy atom. The SMILES string of the molecule is CCNc1nc(-c2ccc(O)cc2)nc(C(C)(C)C)c1I. The second kappa shape index (κ2) is 6.17. The third-order valence-corrected chi connectivity index (χ3v) is 4.05. The summed E-state index contributed by atoms with van der Waals surface area (Å²) < 4.78 is 1.06. The molecule has 0 unspecified atom stereocenters. The lowest BCUT2D eigenvalue weighted by Gasteiger charge is -2.22. The predicted molar refractivity (Wildman–Crippen MR) is 94.7 cm³/mol. The highest BCUT2D eigenvalue weighted by Crippen LogP contribution is 2.31. The molecule has 0 saturated heterocycles. The minimum absolute atomic E-state index is 0.0602. The lowest BCUT2D eigenvalue weighted by atomic mass is 9.91. The number of aromatic nitrogens is 2. The van der Waals surface area contributed by atoms with Crippen molar-refractivity contribution >= 4 is 28.4 Å². The summed E-state index contributed by atoms with van der Waals surface area (Å²) in [5.74, 6) is 1.78. The predicted octanol–water partition coefficient (Wildman–Crippen LogP) is 4.18. The first-order valence-corrected chi connectivity index (χ1v) is 8.02. The molecule has 0 radical (unpaired) electrons. The van der Waals surface area contributed by atoms with E-state index in [2.05, 4.69) is 60.6 Å². The number of nitrogens with one attached hydrogen (secondary N) is 1. The highest BCUT2D eigenvalue weighted by Gasteiger charge is 2.23. The molecule has 0 atom stereocenters. The van der Waals surface area contributed by atoms with E-state index in [1.807, 2.05) is 12.1 Å². The van der Waals surface area contributed by atoms with Gasteiger partial charge in [0.05, 0.1) is 9.26 Å². The van der Waals surface area contributed by atoms with Gasteiger partial charge < -0.3 is 10.4 Å². The number of halogens is 1. The van der Waals surface area contributed by atoms with E-state index in [1.54, 1.807) is 12.1 Å². The molecule has 0 aliphatic rings. The molecule has 2 aromatic rings. The molecule has 112 valence electrons. The molecular formula is C16H20IN3O. The Kier molecular flexibility index (Phi) is 4.70. The largest absolute Gasteiger partial charge is 0.508 e. The molecule has 0 spiro atoms. The maximum absolute atomic E-state index is 9.42. The fraction of sp³-hybridized carbons (Fsp3) is 0.375. The van der Waals surface area contributed by atoms with E-state index >= 15 is 0 Å². The zero-order valence-corrected chi connectivity index (χ0v) is 14.9. The molecule has 1 aromatic carbocycles. The summed E-state index contributed by atoms with van der Waals surface area (Å²) in [4.78, 5) is 9.37. The van der Waals surface area contributed by atoms with Crippen LogP contribution in [0.5, 0.6) is 5.75 Å². The lowest BCUT2D eigenvalue weighted by Crippen LogP contribution is -2.19. The maximum atomic E-state index is 9.42. The molecule has 5 heteroatoms. The first-order chi connectivity index (χ1) is 9.82. The van der Waals surface area contributed by atoms with Crippen LogP contribution in [0.2, 0.25) is 0 Å². The quantitative estimate of drug-likeness (QED) is 0.763. The van der Waals surface area contributed by atoms with Crippen molar-refractivity contribution in [3.63, 3.8) is 0 Å². The number of benzene rings is 1. The standard InChI is InChI=1S/C16H20IN3O/c1-5-18-15-12(17)13(16(2,3)4)19-14(20-15)10-6-8-11(21)9-7-10/h6-9,21H,5H2,1-4H3,(H,18,19,20). The van der Waals surface area contributed by atoms with Crippen LogP contribution in [0.4, 0.5) is 5.82 Å². The van der Waals surface area contributed by atoms with E-state index in [9.17, 15) is 5.11 Å². The van der Waals surface area contributed by atoms with Crippen LogP contribution in [-0.2, 0) is 5.41 Å². The van der Waals surface area contributed by atoms with Crippen molar-refractivity contribution in [2.75, 3.05) is 11.9 Å². The topological polar surface area (TPSA) is 58.0 Å². The molecule has 2 N–H and O–H groups in total. The fourth-order valence-electron chi connectivity index (χ4n) is 1.97. The molecule has 21 heavy (non-hydrogen) atoms. The maximum Gasteiger partial charge on any atom is 0.161 e. The van der Waals surface area contributed by atoms with E-state index in [-0.39, 0.29) is 11.2 Å². The van der Waals surface area contributed by atoms with Crippen molar-refractivity contribution in [1.82, 2.24) is 9.97 Å². The Labute approximate surface area is 139 Å². The molecule has 4 nitrogen and oxygen atoms in total. The summed E-state index contributed by atoms with van der Waals surface area (Å²) >= 11 is 2.30. The number of phenolic OH excluding ortho intramolecular Hbond substituents is 1. The Bertz CT molecular complexity index is 633. The lowest BCUT2D eigenvalue weighted by molar-refractivity contribution is 0.475. The first kappa shape index (κ1) is 16.0. The summed E-state index contributed by atoms with van der Waals surface area (Å²) in [6, 6.07) is 6.97. The smallest absolute Gasteiger partial charge is 0.161 e. The summed E-state index contributed by atoms with van der Waals surface area (Å²) in [5, 5.41) is 12.7. The van der Waals surface area contributed by atoms with Crippen LogP contribution >= 0.6 is 22.6 Å². The second-order valence-electron chi connectivity index (χ2n) is 5.89. The summed E-state index contributed by atoms with van der Waals surface area (Å²) in [7, 11) is 0. The zero-order valence-electron chi connectivity index (χ0n) is 12.7. The van der Waals surface area contributed by atoms with Crippen molar-refractivity contribution in [2.24, 2.45) is 0 Å². The van der Waals surface area contributed by atoms with Crippen LogP contribution in [0.1, 0.15) is 33.4 Å². The Hall–Kier alpha value is -1.37. The zero-order chi connectivity index (χ0) is 15.6. The van der Waals surface area contributed by atoms with Gasteiger partial charge in [-0.2, -0.15) is 0 Å². The molecule has 0 saturated carbocycles. The van der Waals surface area contributed by atoms with Gasteiger partial charge in [0, 0.05) is 17.5 Å². The Balaban J connectivity index is 2.61. The minimum Gasteiger partial charge on any atom is -0.508 e.